The number of nitrogens with two attached hydrogens (primary N) is 1. The predicted molar refractivity (Wildman–Crippen MR) is 84.7 cm³/mol. The second-order valence-corrected chi connectivity index (χ2v) is 7.45. The van der Waals surface area contributed by atoms with Gasteiger partial charge in [0.25, 0.3) is 0 Å². The number of aromatic nitrogens is 1. The van der Waals surface area contributed by atoms with Crippen LogP contribution in [0.15, 0.2) is 34.5 Å². The third-order valence-corrected chi connectivity index (χ3v) is 5.37. The van der Waals surface area contributed by atoms with Crippen molar-refractivity contribution in [2.75, 3.05) is 6.54 Å². The van der Waals surface area contributed by atoms with E-state index in [0.717, 1.165) is 29.1 Å². The molecule has 0 amide bonds. The molecule has 5 nitrogen and oxygen atoms in total. The van der Waals surface area contributed by atoms with E-state index < -0.39 is 10.0 Å². The van der Waals surface area contributed by atoms with Gasteiger partial charge in [-0.2, -0.15) is 0 Å². The summed E-state index contributed by atoms with van der Waals surface area (Å²) in [6, 6.07) is 6.91. The van der Waals surface area contributed by atoms with Gasteiger partial charge in [-0.15, -0.1) is 11.3 Å². The first kappa shape index (κ1) is 16.1. The quantitative estimate of drug-likeness (QED) is 0.813. The van der Waals surface area contributed by atoms with Crippen LogP contribution in [0.2, 0.25) is 0 Å². The highest BCUT2D eigenvalue weighted by Crippen LogP contribution is 2.13. The Balaban J connectivity index is 2.01. The second-order valence-electron chi connectivity index (χ2n) is 4.74. The molecule has 0 aliphatic carbocycles. The number of sulfonamides is 1. The Morgan fingerprint density at radius 3 is 2.57 bits per heavy atom. The zero-order valence-electron chi connectivity index (χ0n) is 11.9. The minimum atomic E-state index is -3.49. The maximum absolute atomic E-state index is 12.2. The number of hydrogen-bond acceptors (Lipinski definition) is 5. The molecule has 7 heteroatoms. The summed E-state index contributed by atoms with van der Waals surface area (Å²) < 4.78 is 26.9. The molecular formula is C14H19N3O2S2. The fourth-order valence-corrected chi connectivity index (χ4v) is 3.66. The Labute approximate surface area is 129 Å². The lowest BCUT2D eigenvalue weighted by Gasteiger charge is -2.06. The number of thiazole rings is 1. The molecule has 1 aromatic heterocycles. The lowest BCUT2D eigenvalue weighted by molar-refractivity contribution is 0.581. The summed E-state index contributed by atoms with van der Waals surface area (Å²) in [6.45, 7) is 2.74. The van der Waals surface area contributed by atoms with Crippen LogP contribution in [-0.4, -0.2) is 19.9 Å². The fourth-order valence-electron chi connectivity index (χ4n) is 1.87. The van der Waals surface area contributed by atoms with Gasteiger partial charge >= 0.3 is 0 Å². The molecule has 0 radical (unpaired) electrons. The molecule has 1 aromatic carbocycles. The Morgan fingerprint density at radius 2 is 2.00 bits per heavy atom. The molecule has 0 atom stereocenters. The van der Waals surface area contributed by atoms with Gasteiger partial charge < -0.3 is 5.73 Å². The molecular weight excluding hydrogens is 306 g/mol. The van der Waals surface area contributed by atoms with Crippen LogP contribution in [0.5, 0.6) is 0 Å². The maximum Gasteiger partial charge on any atom is 0.240 e. The van der Waals surface area contributed by atoms with E-state index in [2.05, 4.69) is 9.71 Å². The molecule has 0 bridgehead atoms. The van der Waals surface area contributed by atoms with Crippen LogP contribution >= 0.6 is 11.3 Å². The SMILES string of the molecule is Cc1csc(CNS(=O)(=O)c2ccc(CCCN)cc2)n1. The van der Waals surface area contributed by atoms with Gasteiger partial charge in [0, 0.05) is 11.1 Å². The molecule has 21 heavy (non-hydrogen) atoms. The van der Waals surface area contributed by atoms with Gasteiger partial charge in [-0.1, -0.05) is 12.1 Å². The number of rotatable bonds is 7. The molecule has 0 aliphatic rings. The van der Waals surface area contributed by atoms with Crippen molar-refractivity contribution < 1.29 is 8.42 Å². The second kappa shape index (κ2) is 7.13. The summed E-state index contributed by atoms with van der Waals surface area (Å²) in [5.41, 5.74) is 7.46. The van der Waals surface area contributed by atoms with E-state index in [9.17, 15) is 8.42 Å². The third-order valence-electron chi connectivity index (χ3n) is 2.98. The van der Waals surface area contributed by atoms with E-state index in [1.807, 2.05) is 24.4 Å². The van der Waals surface area contributed by atoms with E-state index in [4.69, 9.17) is 5.73 Å². The normalized spacial score (nSPS) is 11.7. The zero-order valence-corrected chi connectivity index (χ0v) is 13.5. The van der Waals surface area contributed by atoms with Crippen molar-refractivity contribution in [3.05, 3.63) is 45.9 Å². The molecule has 2 aromatic rings. The molecule has 0 saturated heterocycles. The third kappa shape index (κ3) is 4.60. The highest BCUT2D eigenvalue weighted by atomic mass is 32.2. The van der Waals surface area contributed by atoms with Crippen LogP contribution in [0.1, 0.15) is 22.7 Å². The van der Waals surface area contributed by atoms with Gasteiger partial charge in [-0.3, -0.25) is 0 Å². The predicted octanol–water partition coefficient (Wildman–Crippen LogP) is 1.82. The van der Waals surface area contributed by atoms with Crippen molar-refractivity contribution in [1.82, 2.24) is 9.71 Å². The van der Waals surface area contributed by atoms with Gasteiger partial charge in [0.2, 0.25) is 10.0 Å². The Hall–Kier alpha value is -1.28. The molecule has 0 aliphatic heterocycles. The summed E-state index contributed by atoms with van der Waals surface area (Å²) in [5.74, 6) is 0. The van der Waals surface area contributed by atoms with Gasteiger partial charge in [0.05, 0.1) is 11.4 Å². The first-order valence-electron chi connectivity index (χ1n) is 6.71. The molecule has 0 unspecified atom stereocenters. The summed E-state index contributed by atoms with van der Waals surface area (Å²) in [6.07, 6.45) is 1.76. The Morgan fingerprint density at radius 1 is 1.29 bits per heavy atom. The van der Waals surface area contributed by atoms with Crippen molar-refractivity contribution in [1.29, 1.82) is 0 Å². The molecule has 1 heterocycles. The van der Waals surface area contributed by atoms with Gasteiger partial charge in [-0.05, 0) is 44.0 Å². The van der Waals surface area contributed by atoms with Crippen LogP contribution in [0.3, 0.4) is 0 Å². The zero-order chi connectivity index (χ0) is 15.3. The van der Waals surface area contributed by atoms with Crippen molar-refractivity contribution >= 4 is 21.4 Å². The first-order valence-corrected chi connectivity index (χ1v) is 9.07. The molecule has 0 fully saturated rings. The van der Waals surface area contributed by atoms with Crippen molar-refractivity contribution in [3.63, 3.8) is 0 Å². The topological polar surface area (TPSA) is 85.1 Å². The Kier molecular flexibility index (Phi) is 5.46. The average Bonchev–Trinajstić information content (AvgIpc) is 2.89. The molecule has 0 saturated carbocycles. The summed E-state index contributed by atoms with van der Waals surface area (Å²) in [7, 11) is -3.49. The number of aryl methyl sites for hydroxylation is 2. The number of benzene rings is 1. The molecule has 114 valence electrons. The van der Waals surface area contributed by atoms with Crippen LogP contribution < -0.4 is 10.5 Å². The molecule has 0 spiro atoms. The van der Waals surface area contributed by atoms with Crippen molar-refractivity contribution in [3.8, 4) is 0 Å². The Bertz CT molecular complexity index is 678. The first-order chi connectivity index (χ1) is 10.0. The highest BCUT2D eigenvalue weighted by Gasteiger charge is 2.14. The van der Waals surface area contributed by atoms with Crippen LogP contribution in [0, 0.1) is 6.92 Å². The van der Waals surface area contributed by atoms with Crippen LogP contribution in [0.4, 0.5) is 0 Å². The highest BCUT2D eigenvalue weighted by molar-refractivity contribution is 7.89. The van der Waals surface area contributed by atoms with Gasteiger partial charge in [0.1, 0.15) is 5.01 Å². The summed E-state index contributed by atoms with van der Waals surface area (Å²) in [4.78, 5) is 4.51. The fraction of sp³-hybridized carbons (Fsp3) is 0.357. The molecule has 3 N–H and O–H groups in total. The van der Waals surface area contributed by atoms with Crippen molar-refractivity contribution in [2.24, 2.45) is 5.73 Å². The average molecular weight is 325 g/mol. The van der Waals surface area contributed by atoms with E-state index in [1.54, 1.807) is 12.1 Å². The van der Waals surface area contributed by atoms with E-state index in [0.29, 0.717) is 6.54 Å². The van der Waals surface area contributed by atoms with E-state index in [1.165, 1.54) is 11.3 Å². The minimum Gasteiger partial charge on any atom is -0.330 e. The maximum atomic E-state index is 12.2. The van der Waals surface area contributed by atoms with Crippen LogP contribution in [0.25, 0.3) is 0 Å². The van der Waals surface area contributed by atoms with Gasteiger partial charge in [-0.25, -0.2) is 18.1 Å². The summed E-state index contributed by atoms with van der Waals surface area (Å²) >= 11 is 1.45. The van der Waals surface area contributed by atoms with E-state index in [-0.39, 0.29) is 11.4 Å². The van der Waals surface area contributed by atoms with Crippen LogP contribution in [-0.2, 0) is 23.0 Å². The van der Waals surface area contributed by atoms with E-state index >= 15 is 0 Å². The molecule has 2 rings (SSSR count). The van der Waals surface area contributed by atoms with Crippen molar-refractivity contribution in [2.45, 2.75) is 31.2 Å². The summed E-state index contributed by atoms with van der Waals surface area (Å²) in [5, 5.41) is 2.66. The number of nitrogens with one attached hydrogen (secondary N) is 1. The lowest BCUT2D eigenvalue weighted by Crippen LogP contribution is -2.23. The largest absolute Gasteiger partial charge is 0.330 e. The van der Waals surface area contributed by atoms with Gasteiger partial charge in [0.15, 0.2) is 0 Å². The number of hydrogen-bond donors (Lipinski definition) is 2. The standard InChI is InChI=1S/C14H19N3O2S2/c1-11-10-20-14(17-11)9-16-21(18,19)13-6-4-12(5-7-13)3-2-8-15/h4-7,10,16H,2-3,8-9,15H2,1H3. The number of nitrogens with zero attached hydrogens (tertiary/aromatic N) is 1. The minimum absolute atomic E-state index is 0.218. The lowest BCUT2D eigenvalue weighted by atomic mass is 10.1. The monoisotopic (exact) mass is 325 g/mol. The smallest absolute Gasteiger partial charge is 0.240 e.